The number of methoxy groups -OCH3 is 1. The summed E-state index contributed by atoms with van der Waals surface area (Å²) in [4.78, 5) is 6.92. The van der Waals surface area contributed by atoms with Crippen LogP contribution in [0, 0.1) is 0 Å². The molecule has 0 bridgehead atoms. The van der Waals surface area contributed by atoms with Gasteiger partial charge < -0.3 is 15.0 Å². The van der Waals surface area contributed by atoms with Gasteiger partial charge in [-0.1, -0.05) is 13.0 Å². The first-order chi connectivity index (χ1) is 9.61. The van der Waals surface area contributed by atoms with Crippen molar-refractivity contribution in [1.82, 2.24) is 10.3 Å². The highest BCUT2D eigenvalue weighted by atomic mass is 16.5. The number of anilines is 1. The largest absolute Gasteiger partial charge is 0.383 e. The molecule has 0 radical (unpaired) electrons. The van der Waals surface area contributed by atoms with Crippen LogP contribution in [-0.4, -0.2) is 37.8 Å². The van der Waals surface area contributed by atoms with E-state index in [1.807, 2.05) is 12.3 Å². The molecule has 114 valence electrons. The lowest BCUT2D eigenvalue weighted by molar-refractivity contribution is 0.203. The lowest BCUT2D eigenvalue weighted by Crippen LogP contribution is -2.36. The Morgan fingerprint density at radius 3 is 2.70 bits per heavy atom. The van der Waals surface area contributed by atoms with Gasteiger partial charge in [0.25, 0.3) is 0 Å². The smallest absolute Gasteiger partial charge is 0.133 e. The summed E-state index contributed by atoms with van der Waals surface area (Å²) < 4.78 is 5.22. The summed E-state index contributed by atoms with van der Waals surface area (Å²) in [7, 11) is 1.74. The molecular weight excluding hydrogens is 250 g/mol. The summed E-state index contributed by atoms with van der Waals surface area (Å²) in [6.07, 6.45) is 3.01. The Morgan fingerprint density at radius 2 is 2.10 bits per heavy atom. The van der Waals surface area contributed by atoms with Crippen LogP contribution in [0.25, 0.3) is 0 Å². The molecule has 1 N–H and O–H groups in total. The van der Waals surface area contributed by atoms with E-state index in [1.165, 1.54) is 5.56 Å². The van der Waals surface area contributed by atoms with E-state index >= 15 is 0 Å². The molecule has 0 aliphatic carbocycles. The zero-order valence-corrected chi connectivity index (χ0v) is 13.5. The van der Waals surface area contributed by atoms with Gasteiger partial charge in [-0.3, -0.25) is 0 Å². The number of aromatic nitrogens is 1. The number of rotatable bonds is 9. The lowest BCUT2D eigenvalue weighted by Gasteiger charge is -2.31. The van der Waals surface area contributed by atoms with E-state index in [-0.39, 0.29) is 0 Å². The van der Waals surface area contributed by atoms with Crippen molar-refractivity contribution < 1.29 is 4.74 Å². The first-order valence-electron chi connectivity index (χ1n) is 7.55. The predicted octanol–water partition coefficient (Wildman–Crippen LogP) is 3.00. The number of nitrogens with one attached hydrogen (secondary N) is 1. The maximum absolute atomic E-state index is 5.22. The molecule has 1 atom stereocenters. The van der Waals surface area contributed by atoms with Crippen molar-refractivity contribution in [2.45, 2.75) is 46.2 Å². The van der Waals surface area contributed by atoms with Crippen LogP contribution in [0.5, 0.6) is 0 Å². The van der Waals surface area contributed by atoms with Crippen molar-refractivity contribution in [1.29, 1.82) is 0 Å². The van der Waals surface area contributed by atoms with E-state index in [0.717, 1.165) is 25.3 Å². The molecule has 0 amide bonds. The van der Waals surface area contributed by atoms with Crippen molar-refractivity contribution in [3.8, 4) is 0 Å². The van der Waals surface area contributed by atoms with Gasteiger partial charge in [-0.25, -0.2) is 4.98 Å². The average Bonchev–Trinajstić information content (AvgIpc) is 2.45. The molecule has 0 spiro atoms. The molecule has 0 fully saturated rings. The standard InChI is InChI=1S/C16H29N3O/c1-6-9-17-14(4)15-8-7-10-18-16(15)19(13(2)3)11-12-20-5/h7-8,10,13-14,17H,6,9,11-12H2,1-5H3. The Hall–Kier alpha value is -1.13. The molecule has 0 saturated carbocycles. The molecule has 1 aromatic rings. The molecule has 4 heteroatoms. The summed E-state index contributed by atoms with van der Waals surface area (Å²) in [5, 5.41) is 3.54. The molecule has 1 rings (SSSR count). The zero-order chi connectivity index (χ0) is 15.0. The van der Waals surface area contributed by atoms with Crippen LogP contribution in [0.2, 0.25) is 0 Å². The van der Waals surface area contributed by atoms with Crippen LogP contribution in [0.15, 0.2) is 18.3 Å². The summed E-state index contributed by atoms with van der Waals surface area (Å²) >= 11 is 0. The van der Waals surface area contributed by atoms with Crippen molar-refractivity contribution in [3.63, 3.8) is 0 Å². The van der Waals surface area contributed by atoms with Gasteiger partial charge in [0.05, 0.1) is 6.61 Å². The second-order valence-electron chi connectivity index (χ2n) is 5.37. The maximum Gasteiger partial charge on any atom is 0.133 e. The predicted molar refractivity (Wildman–Crippen MR) is 85.3 cm³/mol. The minimum atomic E-state index is 0.308. The summed E-state index contributed by atoms with van der Waals surface area (Å²) in [5.74, 6) is 1.07. The summed E-state index contributed by atoms with van der Waals surface area (Å²) in [5.41, 5.74) is 1.26. The molecule has 20 heavy (non-hydrogen) atoms. The molecule has 1 aromatic heterocycles. The fraction of sp³-hybridized carbons (Fsp3) is 0.688. The van der Waals surface area contributed by atoms with Crippen LogP contribution in [0.3, 0.4) is 0 Å². The summed E-state index contributed by atoms with van der Waals surface area (Å²) in [6.45, 7) is 11.4. The number of ether oxygens (including phenoxy) is 1. The fourth-order valence-electron chi connectivity index (χ4n) is 2.26. The van der Waals surface area contributed by atoms with Crippen molar-refractivity contribution >= 4 is 5.82 Å². The number of pyridine rings is 1. The third kappa shape index (κ3) is 4.76. The first-order valence-corrected chi connectivity index (χ1v) is 7.55. The molecule has 0 saturated heterocycles. The minimum Gasteiger partial charge on any atom is -0.383 e. The molecule has 0 aromatic carbocycles. The monoisotopic (exact) mass is 279 g/mol. The van der Waals surface area contributed by atoms with Gasteiger partial charge in [-0.05, 0) is 39.8 Å². The Kier molecular flexibility index (Phi) is 7.55. The van der Waals surface area contributed by atoms with Gasteiger partial charge in [0.1, 0.15) is 5.82 Å². The first kappa shape index (κ1) is 16.9. The van der Waals surface area contributed by atoms with Crippen molar-refractivity contribution in [3.05, 3.63) is 23.9 Å². The quantitative estimate of drug-likeness (QED) is 0.754. The zero-order valence-electron chi connectivity index (χ0n) is 13.5. The van der Waals surface area contributed by atoms with Gasteiger partial charge in [0, 0.05) is 37.5 Å². The molecule has 0 aliphatic rings. The lowest BCUT2D eigenvalue weighted by atomic mass is 10.1. The molecule has 4 nitrogen and oxygen atoms in total. The number of nitrogens with zero attached hydrogens (tertiary/aromatic N) is 2. The Bertz CT molecular complexity index is 382. The van der Waals surface area contributed by atoms with E-state index in [2.05, 4.69) is 49.0 Å². The van der Waals surface area contributed by atoms with Crippen molar-refractivity contribution in [2.75, 3.05) is 31.7 Å². The van der Waals surface area contributed by atoms with E-state index in [0.29, 0.717) is 18.7 Å². The second kappa shape index (κ2) is 8.93. The highest BCUT2D eigenvalue weighted by Crippen LogP contribution is 2.25. The Morgan fingerprint density at radius 1 is 1.35 bits per heavy atom. The van der Waals surface area contributed by atoms with E-state index in [9.17, 15) is 0 Å². The normalized spacial score (nSPS) is 12.7. The molecule has 1 unspecified atom stereocenters. The van der Waals surface area contributed by atoms with Gasteiger partial charge >= 0.3 is 0 Å². The van der Waals surface area contributed by atoms with Gasteiger partial charge in [0.15, 0.2) is 0 Å². The van der Waals surface area contributed by atoms with E-state index in [4.69, 9.17) is 4.74 Å². The molecule has 1 heterocycles. The van der Waals surface area contributed by atoms with E-state index in [1.54, 1.807) is 7.11 Å². The highest BCUT2D eigenvalue weighted by molar-refractivity contribution is 5.49. The highest BCUT2D eigenvalue weighted by Gasteiger charge is 2.18. The van der Waals surface area contributed by atoms with Crippen LogP contribution >= 0.6 is 0 Å². The van der Waals surface area contributed by atoms with E-state index < -0.39 is 0 Å². The topological polar surface area (TPSA) is 37.4 Å². The number of hydrogen-bond acceptors (Lipinski definition) is 4. The van der Waals surface area contributed by atoms with Crippen LogP contribution < -0.4 is 10.2 Å². The van der Waals surface area contributed by atoms with Crippen LogP contribution in [-0.2, 0) is 4.74 Å². The minimum absolute atomic E-state index is 0.308. The second-order valence-corrected chi connectivity index (χ2v) is 5.37. The third-order valence-corrected chi connectivity index (χ3v) is 3.42. The van der Waals surface area contributed by atoms with Gasteiger partial charge in [-0.2, -0.15) is 0 Å². The molecular formula is C16H29N3O. The molecule has 0 aliphatic heterocycles. The van der Waals surface area contributed by atoms with Gasteiger partial charge in [-0.15, -0.1) is 0 Å². The summed E-state index contributed by atoms with van der Waals surface area (Å²) in [6, 6.07) is 4.88. The van der Waals surface area contributed by atoms with Crippen LogP contribution in [0.4, 0.5) is 5.82 Å². The Balaban J connectivity index is 2.96. The Labute approximate surface area is 123 Å². The van der Waals surface area contributed by atoms with Crippen LogP contribution in [0.1, 0.15) is 45.7 Å². The SMILES string of the molecule is CCCNC(C)c1cccnc1N(CCOC)C(C)C. The maximum atomic E-state index is 5.22. The van der Waals surface area contributed by atoms with Crippen molar-refractivity contribution in [2.24, 2.45) is 0 Å². The average molecular weight is 279 g/mol. The van der Waals surface area contributed by atoms with Gasteiger partial charge in [0.2, 0.25) is 0 Å². The number of hydrogen-bond donors (Lipinski definition) is 1. The fourth-order valence-corrected chi connectivity index (χ4v) is 2.26. The third-order valence-electron chi connectivity index (χ3n) is 3.42.